The molecule has 1 heterocycles. The number of thioether (sulfide) groups is 2. The second-order valence-electron chi connectivity index (χ2n) is 8.34. The molecule has 0 aromatic rings. The maximum absolute atomic E-state index is 13.7. The van der Waals surface area contributed by atoms with E-state index < -0.39 is 38.9 Å². The first-order valence-corrected chi connectivity index (χ1v) is 12.5. The van der Waals surface area contributed by atoms with Crippen molar-refractivity contribution in [2.24, 2.45) is 23.7 Å². The summed E-state index contributed by atoms with van der Waals surface area (Å²) in [6.45, 7) is 0. The molecule has 4 aliphatic carbocycles. The maximum atomic E-state index is 13.7. The minimum Gasteiger partial charge on any atom is -0.444 e. The lowest BCUT2D eigenvalue weighted by molar-refractivity contribution is -0.258. The van der Waals surface area contributed by atoms with Crippen molar-refractivity contribution in [2.45, 2.75) is 59.0 Å². The van der Waals surface area contributed by atoms with Crippen LogP contribution in [0.3, 0.4) is 0 Å². The van der Waals surface area contributed by atoms with Crippen LogP contribution in [-0.2, 0) is 19.6 Å². The van der Waals surface area contributed by atoms with Crippen LogP contribution in [0.4, 0.5) is 22.0 Å². The summed E-state index contributed by atoms with van der Waals surface area (Å²) >= 11 is 2.68. The number of carbonyl (C=O) groups is 1. The number of hydrogen-bond acceptors (Lipinski definition) is 6. The lowest BCUT2D eigenvalue weighted by atomic mass is 9.56. The van der Waals surface area contributed by atoms with E-state index in [4.69, 9.17) is 4.55 Å². The van der Waals surface area contributed by atoms with Crippen LogP contribution in [0.15, 0.2) is 0 Å². The third kappa shape index (κ3) is 3.57. The second kappa shape index (κ2) is 6.86. The highest BCUT2D eigenvalue weighted by molar-refractivity contribution is 8.22. The smallest absolute Gasteiger partial charge is 0.432 e. The normalized spacial score (nSPS) is 40.4. The summed E-state index contributed by atoms with van der Waals surface area (Å²) in [7, 11) is -6.44. The zero-order chi connectivity index (χ0) is 21.4. The average Bonchev–Trinajstić information content (AvgIpc) is 3.01. The molecule has 2 unspecified atom stereocenters. The van der Waals surface area contributed by atoms with E-state index in [1.165, 1.54) is 29.9 Å². The summed E-state index contributed by atoms with van der Waals surface area (Å²) in [6, 6.07) is 0. The molecule has 0 aromatic heterocycles. The molecule has 5 fully saturated rings. The Balaban J connectivity index is 1.50. The number of ether oxygens (including phenoxy) is 1. The van der Waals surface area contributed by atoms with Gasteiger partial charge in [-0.2, -0.15) is 30.4 Å². The molecule has 0 radical (unpaired) electrons. The van der Waals surface area contributed by atoms with E-state index in [1.807, 2.05) is 0 Å². The molecule has 1 spiro atoms. The van der Waals surface area contributed by atoms with Gasteiger partial charge in [-0.05, 0) is 55.8 Å². The Labute approximate surface area is 172 Å². The van der Waals surface area contributed by atoms with Crippen molar-refractivity contribution < 1.29 is 44.5 Å². The summed E-state index contributed by atoms with van der Waals surface area (Å²) in [4.78, 5) is 12.3. The third-order valence-electron chi connectivity index (χ3n) is 6.51. The highest BCUT2D eigenvalue weighted by Gasteiger charge is 2.67. The third-order valence-corrected chi connectivity index (χ3v) is 11.6. The van der Waals surface area contributed by atoms with Crippen LogP contribution in [0.5, 0.6) is 0 Å². The molecule has 4 bridgehead atoms. The SMILES string of the molecule is O=C(OC(C(F)(F)F)C(F)(F)S(=O)(=O)O)C1CSC2(S1)C1CC3CC(C1)CC2C3. The van der Waals surface area contributed by atoms with Crippen molar-refractivity contribution in [2.75, 3.05) is 5.75 Å². The van der Waals surface area contributed by atoms with E-state index in [2.05, 4.69) is 4.74 Å². The van der Waals surface area contributed by atoms with E-state index >= 15 is 0 Å². The molecule has 0 aromatic carbocycles. The Kier molecular flexibility index (Phi) is 5.19. The minimum atomic E-state index is -6.44. The van der Waals surface area contributed by atoms with Gasteiger partial charge >= 0.3 is 27.5 Å². The Morgan fingerprint density at radius 2 is 1.55 bits per heavy atom. The van der Waals surface area contributed by atoms with Crippen molar-refractivity contribution in [3.05, 3.63) is 0 Å². The lowest BCUT2D eigenvalue weighted by Crippen LogP contribution is -2.54. The molecule has 29 heavy (non-hydrogen) atoms. The number of esters is 1. The molecule has 1 saturated heterocycles. The van der Waals surface area contributed by atoms with Crippen molar-refractivity contribution in [3.8, 4) is 0 Å². The highest BCUT2D eigenvalue weighted by Crippen LogP contribution is 2.70. The van der Waals surface area contributed by atoms with Crippen LogP contribution in [0.2, 0.25) is 0 Å². The Bertz CT molecular complexity index is 771. The number of carbonyl (C=O) groups excluding carboxylic acids is 1. The van der Waals surface area contributed by atoms with Crippen molar-refractivity contribution in [3.63, 3.8) is 0 Å². The monoisotopic (exact) mass is 482 g/mol. The molecule has 2 atom stereocenters. The topological polar surface area (TPSA) is 80.7 Å². The molecule has 5 nitrogen and oxygen atoms in total. The van der Waals surface area contributed by atoms with E-state index in [9.17, 15) is 35.2 Å². The Morgan fingerprint density at radius 3 is 2.00 bits per heavy atom. The maximum Gasteiger partial charge on any atom is 0.432 e. The fourth-order valence-electron chi connectivity index (χ4n) is 5.53. The molecular formula is C16H19F5O5S3. The first kappa shape index (κ1) is 21.9. The van der Waals surface area contributed by atoms with E-state index in [0.717, 1.165) is 25.7 Å². The molecule has 0 amide bonds. The zero-order valence-electron chi connectivity index (χ0n) is 14.9. The predicted molar refractivity (Wildman–Crippen MR) is 96.0 cm³/mol. The molecule has 1 N–H and O–H groups in total. The standard InChI is InChI=1S/C16H19F5O5S3/c17-15(18,19)13(16(20,21)29(23,24)25)26-12(22)11-6-27-14(28-11)9-2-7-1-8(4-9)5-10(14)3-7/h7-11,13H,1-6H2,(H,23,24,25). The van der Waals surface area contributed by atoms with Crippen LogP contribution in [0.25, 0.3) is 0 Å². The molecule has 1 aliphatic heterocycles. The van der Waals surface area contributed by atoms with Gasteiger partial charge in [0.2, 0.25) is 0 Å². The second-order valence-corrected chi connectivity index (χ2v) is 12.9. The van der Waals surface area contributed by atoms with Crippen LogP contribution in [0.1, 0.15) is 32.1 Å². The number of rotatable bonds is 4. The number of hydrogen-bond donors (Lipinski definition) is 1. The number of alkyl halides is 5. The fraction of sp³-hybridized carbons (Fsp3) is 0.938. The van der Waals surface area contributed by atoms with Gasteiger partial charge in [-0.3, -0.25) is 9.35 Å². The van der Waals surface area contributed by atoms with Gasteiger partial charge in [0.25, 0.3) is 6.10 Å². The molecule has 4 saturated carbocycles. The summed E-state index contributed by atoms with van der Waals surface area (Å²) in [5.41, 5.74) is 0. The largest absolute Gasteiger partial charge is 0.444 e. The van der Waals surface area contributed by atoms with Gasteiger partial charge in [-0.25, -0.2) is 0 Å². The minimum absolute atomic E-state index is 0.119. The van der Waals surface area contributed by atoms with E-state index in [1.54, 1.807) is 0 Å². The summed E-state index contributed by atoms with van der Waals surface area (Å²) in [5, 5.41) is -6.79. The van der Waals surface area contributed by atoms with Gasteiger partial charge in [0.15, 0.2) is 0 Å². The average molecular weight is 483 g/mol. The van der Waals surface area contributed by atoms with E-state index in [-0.39, 0.29) is 9.83 Å². The summed E-state index contributed by atoms with van der Waals surface area (Å²) in [6.07, 6.45) is -4.94. The molecule has 5 aliphatic rings. The lowest BCUT2D eigenvalue weighted by Gasteiger charge is -2.59. The van der Waals surface area contributed by atoms with Gasteiger partial charge in [0.05, 0.1) is 4.08 Å². The van der Waals surface area contributed by atoms with Crippen molar-refractivity contribution >= 4 is 39.6 Å². The predicted octanol–water partition coefficient (Wildman–Crippen LogP) is 3.94. The molecule has 166 valence electrons. The summed E-state index contributed by atoms with van der Waals surface area (Å²) in [5.74, 6) is 0.512. The van der Waals surface area contributed by atoms with Gasteiger partial charge < -0.3 is 4.74 Å². The molecule has 5 rings (SSSR count). The first-order valence-electron chi connectivity index (χ1n) is 9.18. The van der Waals surface area contributed by atoms with Crippen LogP contribution < -0.4 is 0 Å². The fourth-order valence-corrected chi connectivity index (χ4v) is 10.1. The first-order chi connectivity index (χ1) is 13.2. The van der Waals surface area contributed by atoms with Crippen LogP contribution in [0, 0.1) is 23.7 Å². The Hall–Kier alpha value is -0.270. The van der Waals surface area contributed by atoms with Crippen LogP contribution >= 0.6 is 23.5 Å². The van der Waals surface area contributed by atoms with Gasteiger partial charge in [0.1, 0.15) is 5.25 Å². The number of halogens is 5. The quantitative estimate of drug-likeness (QED) is 0.369. The van der Waals surface area contributed by atoms with Gasteiger partial charge in [-0.1, -0.05) is 0 Å². The van der Waals surface area contributed by atoms with Gasteiger partial charge in [0, 0.05) is 5.75 Å². The molecule has 13 heteroatoms. The highest BCUT2D eigenvalue weighted by atomic mass is 32.2. The zero-order valence-corrected chi connectivity index (χ0v) is 17.4. The van der Waals surface area contributed by atoms with Crippen molar-refractivity contribution in [1.29, 1.82) is 0 Å². The Morgan fingerprint density at radius 1 is 1.03 bits per heavy atom. The van der Waals surface area contributed by atoms with E-state index in [0.29, 0.717) is 23.7 Å². The van der Waals surface area contributed by atoms with Crippen molar-refractivity contribution in [1.82, 2.24) is 0 Å². The van der Waals surface area contributed by atoms with Gasteiger partial charge in [-0.15, -0.1) is 23.5 Å². The molecular weight excluding hydrogens is 463 g/mol. The van der Waals surface area contributed by atoms with Crippen LogP contribution in [-0.4, -0.2) is 51.6 Å². The summed E-state index contributed by atoms with van der Waals surface area (Å²) < 4.78 is 100.